The molecule has 5 rings (SSSR count). The van der Waals surface area contributed by atoms with Crippen LogP contribution in [0.2, 0.25) is 5.02 Å². The van der Waals surface area contributed by atoms with Crippen LogP contribution in [0.5, 0.6) is 0 Å². The predicted molar refractivity (Wildman–Crippen MR) is 135 cm³/mol. The van der Waals surface area contributed by atoms with Gasteiger partial charge in [0, 0.05) is 46.1 Å². The Morgan fingerprint density at radius 2 is 2.00 bits per heavy atom. The van der Waals surface area contributed by atoms with Gasteiger partial charge in [-0.2, -0.15) is 0 Å². The molecule has 0 amide bonds. The van der Waals surface area contributed by atoms with E-state index in [9.17, 15) is 4.55 Å². The molecule has 1 atom stereocenters. The van der Waals surface area contributed by atoms with Gasteiger partial charge >= 0.3 is 0 Å². The second kappa shape index (κ2) is 9.44. The van der Waals surface area contributed by atoms with E-state index in [0.717, 1.165) is 46.2 Å². The number of pyridine rings is 1. The minimum absolute atomic E-state index is 0.00328. The molecule has 1 aliphatic rings. The predicted octanol–water partition coefficient (Wildman–Crippen LogP) is 4.72. The van der Waals surface area contributed by atoms with E-state index in [4.69, 9.17) is 27.4 Å². The van der Waals surface area contributed by atoms with Gasteiger partial charge in [-0.25, -0.2) is 15.0 Å². The Hall–Kier alpha value is -2.43. The first-order chi connectivity index (χ1) is 16.0. The summed E-state index contributed by atoms with van der Waals surface area (Å²) in [5.41, 5.74) is 10.3. The van der Waals surface area contributed by atoms with Gasteiger partial charge in [0.05, 0.1) is 12.3 Å². The molecule has 4 N–H and O–H groups in total. The van der Waals surface area contributed by atoms with Gasteiger partial charge in [0.2, 0.25) is 10.2 Å². The number of hydrogen-bond donors (Lipinski definition) is 3. The summed E-state index contributed by atoms with van der Waals surface area (Å²) < 4.78 is 13.8. The van der Waals surface area contributed by atoms with Crippen LogP contribution in [0.4, 0.5) is 11.6 Å². The first-order valence-corrected chi connectivity index (χ1v) is 13.0. The first-order valence-electron chi connectivity index (χ1n) is 10.6. The molecule has 3 aromatic heterocycles. The van der Waals surface area contributed by atoms with Crippen molar-refractivity contribution in [3.05, 3.63) is 47.7 Å². The number of hydrogen-bond acceptors (Lipinski definition) is 8. The maximum Gasteiger partial charge on any atom is 0.232 e. The second-order valence-electron chi connectivity index (χ2n) is 7.84. The molecule has 4 aromatic rings. The molecule has 1 unspecified atom stereocenters. The Morgan fingerprint density at radius 1 is 1.21 bits per heavy atom. The highest BCUT2D eigenvalue weighted by Crippen LogP contribution is 2.46. The molecule has 0 aliphatic heterocycles. The third-order valence-corrected chi connectivity index (χ3v) is 9.21. The Morgan fingerprint density at radius 3 is 2.67 bits per heavy atom. The normalized spacial score (nSPS) is 14.9. The molecule has 10 heteroatoms. The second-order valence-corrected chi connectivity index (χ2v) is 11.2. The summed E-state index contributed by atoms with van der Waals surface area (Å²) in [4.78, 5) is 14.2. The average molecular weight is 500 g/mol. The smallest absolute Gasteiger partial charge is 0.232 e. The highest BCUT2D eigenvalue weighted by Gasteiger charge is 2.35. The van der Waals surface area contributed by atoms with Crippen molar-refractivity contribution in [1.82, 2.24) is 15.0 Å². The molecule has 3 heterocycles. The SMILES string of the molecule is Nc1c([S+]([O-])C2CCC2)sc2nc(-c3cnc(NCCO)nc3)cc(-c3cccc(Cl)c3)c12. The minimum Gasteiger partial charge on any atom is -0.611 e. The van der Waals surface area contributed by atoms with Crippen LogP contribution in [0.25, 0.3) is 32.6 Å². The number of halogens is 1. The maximum absolute atomic E-state index is 13.1. The van der Waals surface area contributed by atoms with E-state index in [0.29, 0.717) is 33.1 Å². The fourth-order valence-electron chi connectivity index (χ4n) is 3.74. The van der Waals surface area contributed by atoms with Gasteiger partial charge in [-0.15, -0.1) is 0 Å². The van der Waals surface area contributed by atoms with Crippen molar-refractivity contribution in [1.29, 1.82) is 0 Å². The fourth-order valence-corrected chi connectivity index (χ4v) is 7.14. The number of anilines is 2. The van der Waals surface area contributed by atoms with Gasteiger partial charge in [-0.05, 0) is 48.6 Å². The van der Waals surface area contributed by atoms with Crippen LogP contribution < -0.4 is 11.1 Å². The van der Waals surface area contributed by atoms with E-state index >= 15 is 0 Å². The van der Waals surface area contributed by atoms with Gasteiger partial charge in [0.25, 0.3) is 0 Å². The van der Waals surface area contributed by atoms with Gasteiger partial charge in [-0.3, -0.25) is 0 Å². The lowest BCUT2D eigenvalue weighted by atomic mass is 10.00. The molecule has 7 nitrogen and oxygen atoms in total. The molecule has 1 fully saturated rings. The van der Waals surface area contributed by atoms with Gasteiger partial charge in [0.15, 0.2) is 0 Å². The van der Waals surface area contributed by atoms with Crippen molar-refractivity contribution >= 4 is 56.0 Å². The topological polar surface area (TPSA) is 120 Å². The van der Waals surface area contributed by atoms with Gasteiger partial charge in [-0.1, -0.05) is 35.1 Å². The Labute approximate surface area is 203 Å². The number of rotatable bonds is 7. The molecule has 1 aromatic carbocycles. The van der Waals surface area contributed by atoms with Crippen molar-refractivity contribution < 1.29 is 9.66 Å². The van der Waals surface area contributed by atoms with Crippen LogP contribution in [0.3, 0.4) is 0 Å². The number of aliphatic hydroxyl groups excluding tert-OH is 1. The summed E-state index contributed by atoms with van der Waals surface area (Å²) in [5, 5.41) is 13.5. The number of nitrogens with zero attached hydrogens (tertiary/aromatic N) is 3. The lowest BCUT2D eigenvalue weighted by Crippen LogP contribution is -2.28. The summed E-state index contributed by atoms with van der Waals surface area (Å²) in [5.74, 6) is 0.433. The molecule has 1 aliphatic carbocycles. The van der Waals surface area contributed by atoms with Crippen LogP contribution in [0.1, 0.15) is 19.3 Å². The maximum atomic E-state index is 13.1. The summed E-state index contributed by atoms with van der Waals surface area (Å²) in [6.07, 6.45) is 6.42. The van der Waals surface area contributed by atoms with Crippen LogP contribution in [-0.4, -0.2) is 43.0 Å². The van der Waals surface area contributed by atoms with Crippen LogP contribution in [-0.2, 0) is 11.2 Å². The number of nitrogens with two attached hydrogens (primary N) is 1. The number of nitrogens with one attached hydrogen (secondary N) is 1. The molecular formula is C23H22ClN5O2S2. The number of fused-ring (bicyclic) bond motifs is 1. The molecule has 0 bridgehead atoms. The number of aromatic nitrogens is 3. The fraction of sp³-hybridized carbons (Fsp3) is 0.261. The summed E-state index contributed by atoms with van der Waals surface area (Å²) in [6, 6.07) is 9.53. The van der Waals surface area contributed by atoms with Crippen molar-refractivity contribution in [3.8, 4) is 22.4 Å². The molecule has 33 heavy (non-hydrogen) atoms. The molecule has 0 radical (unpaired) electrons. The molecule has 0 saturated heterocycles. The van der Waals surface area contributed by atoms with Crippen molar-refractivity contribution in [2.24, 2.45) is 0 Å². The minimum atomic E-state index is -1.14. The summed E-state index contributed by atoms with van der Waals surface area (Å²) in [7, 11) is 0. The lowest BCUT2D eigenvalue weighted by molar-refractivity contribution is 0.311. The third-order valence-electron chi connectivity index (χ3n) is 5.68. The monoisotopic (exact) mass is 499 g/mol. The van der Waals surface area contributed by atoms with Crippen molar-refractivity contribution in [2.75, 3.05) is 24.2 Å². The average Bonchev–Trinajstić information content (AvgIpc) is 3.13. The van der Waals surface area contributed by atoms with E-state index in [-0.39, 0.29) is 11.9 Å². The van der Waals surface area contributed by atoms with Gasteiger partial charge in [0.1, 0.15) is 15.8 Å². The molecule has 170 valence electrons. The largest absolute Gasteiger partial charge is 0.611 e. The quantitative estimate of drug-likeness (QED) is 0.314. The zero-order valence-corrected chi connectivity index (χ0v) is 20.0. The van der Waals surface area contributed by atoms with E-state index in [2.05, 4.69) is 15.3 Å². The van der Waals surface area contributed by atoms with Crippen LogP contribution >= 0.6 is 22.9 Å². The summed E-state index contributed by atoms with van der Waals surface area (Å²) in [6.45, 7) is 0.370. The van der Waals surface area contributed by atoms with E-state index in [1.807, 2.05) is 30.3 Å². The summed E-state index contributed by atoms with van der Waals surface area (Å²) >= 11 is 6.54. The van der Waals surface area contributed by atoms with Crippen LogP contribution in [0, 0.1) is 0 Å². The lowest BCUT2D eigenvalue weighted by Gasteiger charge is -2.27. The standard InChI is InChI=1S/C23H22ClN5O2S2/c24-15-4-1-3-13(9-15)17-10-18(14-11-27-23(28-12-14)26-7-8-30)29-21-19(17)20(25)22(32-21)33(31)16-5-2-6-16/h1,3-4,9-12,16,30H,2,5-8,25H2,(H,26,27,28). The highest BCUT2D eigenvalue weighted by molar-refractivity contribution is 7.94. The zero-order chi connectivity index (χ0) is 22.9. The Bertz CT molecular complexity index is 1290. The highest BCUT2D eigenvalue weighted by atomic mass is 35.5. The van der Waals surface area contributed by atoms with E-state index in [1.54, 1.807) is 12.4 Å². The number of benzene rings is 1. The number of aliphatic hydroxyl groups is 1. The zero-order valence-electron chi connectivity index (χ0n) is 17.6. The Balaban J connectivity index is 1.65. The van der Waals surface area contributed by atoms with Crippen molar-refractivity contribution in [3.63, 3.8) is 0 Å². The van der Waals surface area contributed by atoms with E-state index < -0.39 is 11.2 Å². The molecule has 1 saturated carbocycles. The number of nitrogen functional groups attached to an aromatic ring is 1. The first kappa shape index (κ1) is 22.4. The van der Waals surface area contributed by atoms with E-state index in [1.165, 1.54) is 11.3 Å². The third kappa shape index (κ3) is 4.39. The molecule has 0 spiro atoms. The molecular weight excluding hydrogens is 478 g/mol. The van der Waals surface area contributed by atoms with Crippen molar-refractivity contribution in [2.45, 2.75) is 28.7 Å². The van der Waals surface area contributed by atoms with Gasteiger partial charge < -0.3 is 20.7 Å². The Kier molecular flexibility index (Phi) is 6.40. The number of thiophene rings is 1. The van der Waals surface area contributed by atoms with Crippen LogP contribution in [0.15, 0.2) is 46.9 Å².